The molecule has 0 bridgehead atoms. The maximum absolute atomic E-state index is 8.85. The minimum Gasteiger partial charge on any atom is -0.510 e. The Hall–Kier alpha value is -0.920. The minimum absolute atomic E-state index is 0.426. The second kappa shape index (κ2) is 1.90. The first kappa shape index (κ1) is 5.22. The number of likely N-dealkylation sites (N-methyl/N-ethyl adjacent to an activating group) is 1. The first-order chi connectivity index (χ1) is 3.79. The maximum Gasteiger partial charge on any atom is 0.112 e. The summed E-state index contributed by atoms with van der Waals surface area (Å²) in [6.07, 6.45) is 5.43. The van der Waals surface area contributed by atoms with Crippen LogP contribution in [0.1, 0.15) is 0 Å². The predicted molar refractivity (Wildman–Crippen MR) is 32.5 cm³/mol. The molecule has 1 N–H and O–H groups in total. The van der Waals surface area contributed by atoms with E-state index in [1.54, 1.807) is 6.08 Å². The summed E-state index contributed by atoms with van der Waals surface area (Å²) < 4.78 is 0. The Kier molecular flexibility index (Phi) is 1.24. The molecule has 2 nitrogen and oxygen atoms in total. The van der Waals surface area contributed by atoms with Crippen LogP contribution in [0, 0.1) is 0 Å². The smallest absolute Gasteiger partial charge is 0.112 e. The van der Waals surface area contributed by atoms with Crippen LogP contribution in [0.2, 0.25) is 0 Å². The highest BCUT2D eigenvalue weighted by molar-refractivity contribution is 5.12. The maximum atomic E-state index is 8.85. The van der Waals surface area contributed by atoms with Gasteiger partial charge < -0.3 is 10.0 Å². The number of hydrogen-bond acceptors (Lipinski definition) is 2. The van der Waals surface area contributed by atoms with Crippen LogP contribution >= 0.6 is 0 Å². The van der Waals surface area contributed by atoms with Crippen molar-refractivity contribution in [3.05, 3.63) is 24.1 Å². The summed E-state index contributed by atoms with van der Waals surface area (Å²) in [4.78, 5) is 1.91. The van der Waals surface area contributed by atoms with E-state index in [9.17, 15) is 0 Å². The Labute approximate surface area is 48.7 Å². The summed E-state index contributed by atoms with van der Waals surface area (Å²) in [7, 11) is 1.92. The van der Waals surface area contributed by atoms with Gasteiger partial charge in [-0.05, 0) is 18.4 Å². The van der Waals surface area contributed by atoms with Crippen molar-refractivity contribution in [2.45, 2.75) is 0 Å². The molecule has 44 valence electrons. The molecule has 0 radical (unpaired) electrons. The normalized spacial score (nSPS) is 18.6. The number of allylic oxidation sites excluding steroid dienone is 2. The van der Waals surface area contributed by atoms with Crippen LogP contribution in [0.3, 0.4) is 0 Å². The van der Waals surface area contributed by atoms with Gasteiger partial charge in [0, 0.05) is 7.05 Å². The van der Waals surface area contributed by atoms with Crippen molar-refractivity contribution < 1.29 is 5.11 Å². The fourth-order valence-corrected chi connectivity index (χ4v) is 0.662. The monoisotopic (exact) mass is 111 g/mol. The first-order valence-corrected chi connectivity index (χ1v) is 2.55. The Bertz CT molecular complexity index is 137. The lowest BCUT2D eigenvalue weighted by molar-refractivity contribution is 0.336. The van der Waals surface area contributed by atoms with Crippen molar-refractivity contribution in [1.82, 2.24) is 4.90 Å². The molecule has 2 heteroatoms. The third-order valence-electron chi connectivity index (χ3n) is 1.04. The van der Waals surface area contributed by atoms with E-state index in [0.717, 1.165) is 0 Å². The highest BCUT2D eigenvalue weighted by Gasteiger charge is 1.97. The van der Waals surface area contributed by atoms with Gasteiger partial charge in [0.05, 0.1) is 6.54 Å². The number of aliphatic hydroxyl groups is 1. The van der Waals surface area contributed by atoms with E-state index in [4.69, 9.17) is 5.11 Å². The molecular formula is C6H9NO. The van der Waals surface area contributed by atoms with Crippen molar-refractivity contribution in [3.8, 4) is 0 Å². The van der Waals surface area contributed by atoms with Gasteiger partial charge >= 0.3 is 0 Å². The van der Waals surface area contributed by atoms with Crippen molar-refractivity contribution in [2.24, 2.45) is 0 Å². The Morgan fingerprint density at radius 1 is 1.75 bits per heavy atom. The molecule has 0 aromatic carbocycles. The fraction of sp³-hybridized carbons (Fsp3) is 0.333. The molecule has 1 heterocycles. The molecule has 0 atom stereocenters. The van der Waals surface area contributed by atoms with Gasteiger partial charge in [0.25, 0.3) is 0 Å². The molecule has 0 aromatic heterocycles. The van der Waals surface area contributed by atoms with Gasteiger partial charge in [0.15, 0.2) is 0 Å². The molecule has 1 aliphatic heterocycles. The Morgan fingerprint density at radius 2 is 2.50 bits per heavy atom. The van der Waals surface area contributed by atoms with E-state index in [0.29, 0.717) is 12.3 Å². The van der Waals surface area contributed by atoms with Gasteiger partial charge in [-0.25, -0.2) is 0 Å². The molecule has 0 spiro atoms. The Balaban J connectivity index is 2.59. The van der Waals surface area contributed by atoms with Gasteiger partial charge in [-0.1, -0.05) is 0 Å². The van der Waals surface area contributed by atoms with Gasteiger partial charge in [0.1, 0.15) is 5.76 Å². The number of rotatable bonds is 0. The molecule has 0 amide bonds. The number of aliphatic hydroxyl groups excluding tert-OH is 1. The van der Waals surface area contributed by atoms with Crippen molar-refractivity contribution in [2.75, 3.05) is 13.6 Å². The summed E-state index contributed by atoms with van der Waals surface area (Å²) in [6.45, 7) is 0.635. The highest BCUT2D eigenvalue weighted by atomic mass is 16.3. The van der Waals surface area contributed by atoms with Gasteiger partial charge in [0.2, 0.25) is 0 Å². The van der Waals surface area contributed by atoms with Gasteiger partial charge in [-0.2, -0.15) is 0 Å². The lowest BCUT2D eigenvalue weighted by Gasteiger charge is -2.15. The van der Waals surface area contributed by atoms with Crippen molar-refractivity contribution in [1.29, 1.82) is 0 Å². The zero-order valence-corrected chi connectivity index (χ0v) is 4.83. The van der Waals surface area contributed by atoms with Crippen LogP contribution in [-0.2, 0) is 0 Å². The summed E-state index contributed by atoms with van der Waals surface area (Å²) in [6, 6.07) is 0. The quantitative estimate of drug-likeness (QED) is 0.501. The molecule has 0 aromatic rings. The van der Waals surface area contributed by atoms with Crippen LogP contribution in [0.5, 0.6) is 0 Å². The second-order valence-corrected chi connectivity index (χ2v) is 1.91. The lowest BCUT2D eigenvalue weighted by atomic mass is 10.3. The molecule has 0 saturated carbocycles. The molecule has 0 aliphatic carbocycles. The molecule has 0 fully saturated rings. The largest absolute Gasteiger partial charge is 0.510 e. The average Bonchev–Trinajstić information content (AvgIpc) is 1.64. The Morgan fingerprint density at radius 3 is 2.88 bits per heavy atom. The van der Waals surface area contributed by atoms with E-state index in [1.165, 1.54) is 0 Å². The predicted octanol–water partition coefficient (Wildman–Crippen LogP) is 0.887. The number of hydrogen-bond donors (Lipinski definition) is 1. The third-order valence-corrected chi connectivity index (χ3v) is 1.04. The summed E-state index contributed by atoms with van der Waals surface area (Å²) in [5, 5.41) is 8.85. The molecule has 0 saturated heterocycles. The molecule has 1 aliphatic rings. The fourth-order valence-electron chi connectivity index (χ4n) is 0.662. The molecule has 0 unspecified atom stereocenters. The average molecular weight is 111 g/mol. The van der Waals surface area contributed by atoms with Gasteiger partial charge in [-0.3, -0.25) is 0 Å². The van der Waals surface area contributed by atoms with Crippen LogP contribution in [0.4, 0.5) is 0 Å². The zero-order chi connectivity index (χ0) is 5.98. The highest BCUT2D eigenvalue weighted by Crippen LogP contribution is 1.99. The van der Waals surface area contributed by atoms with Crippen molar-refractivity contribution >= 4 is 0 Å². The topological polar surface area (TPSA) is 23.5 Å². The van der Waals surface area contributed by atoms with E-state index < -0.39 is 0 Å². The summed E-state index contributed by atoms with van der Waals surface area (Å²) >= 11 is 0. The summed E-state index contributed by atoms with van der Waals surface area (Å²) in [5.41, 5.74) is 0. The number of nitrogens with zero attached hydrogens (tertiary/aromatic N) is 1. The standard InChI is InChI=1S/C6H9NO/c1-7-4-2-3-6(8)5-7/h2-4,8H,5H2,1H3. The molecule has 1 rings (SSSR count). The van der Waals surface area contributed by atoms with E-state index >= 15 is 0 Å². The van der Waals surface area contributed by atoms with Crippen LogP contribution < -0.4 is 0 Å². The first-order valence-electron chi connectivity index (χ1n) is 2.55. The van der Waals surface area contributed by atoms with Crippen LogP contribution in [0.15, 0.2) is 24.1 Å². The molecular weight excluding hydrogens is 102 g/mol. The zero-order valence-electron chi connectivity index (χ0n) is 4.83. The second-order valence-electron chi connectivity index (χ2n) is 1.91. The minimum atomic E-state index is 0.426. The third kappa shape index (κ3) is 1.03. The van der Waals surface area contributed by atoms with Crippen molar-refractivity contribution in [3.63, 3.8) is 0 Å². The SMILES string of the molecule is CN1C=CC=C(O)C1. The summed E-state index contributed by atoms with van der Waals surface area (Å²) in [5.74, 6) is 0.426. The van der Waals surface area contributed by atoms with E-state index in [2.05, 4.69) is 0 Å². The van der Waals surface area contributed by atoms with Crippen LogP contribution in [0.25, 0.3) is 0 Å². The lowest BCUT2D eigenvalue weighted by Crippen LogP contribution is -2.16. The van der Waals surface area contributed by atoms with E-state index in [-0.39, 0.29) is 0 Å². The molecule has 8 heavy (non-hydrogen) atoms. The van der Waals surface area contributed by atoms with Gasteiger partial charge in [-0.15, -0.1) is 0 Å². The van der Waals surface area contributed by atoms with E-state index in [1.807, 2.05) is 24.2 Å². The van der Waals surface area contributed by atoms with Crippen LogP contribution in [-0.4, -0.2) is 23.6 Å².